The summed E-state index contributed by atoms with van der Waals surface area (Å²) in [6.45, 7) is 3.69. The molecule has 1 fully saturated rings. The first-order valence-corrected chi connectivity index (χ1v) is 11.1. The van der Waals surface area contributed by atoms with Crippen molar-refractivity contribution in [1.29, 1.82) is 0 Å². The fraction of sp³-hybridized carbons (Fsp3) is 0.259. The second-order valence-corrected chi connectivity index (χ2v) is 8.87. The van der Waals surface area contributed by atoms with Crippen LogP contribution in [0.25, 0.3) is 6.08 Å². The van der Waals surface area contributed by atoms with Gasteiger partial charge in [0, 0.05) is 43.2 Å². The molecule has 3 aromatic rings. The van der Waals surface area contributed by atoms with Crippen LogP contribution in [0.1, 0.15) is 40.0 Å². The lowest BCUT2D eigenvalue weighted by Gasteiger charge is -2.35. The van der Waals surface area contributed by atoms with Gasteiger partial charge < -0.3 is 10.2 Å². The standard InChI is InChI=1S/C27H28N4O/c1-4-25(32)31-24-18-27(19-8-6-5-7-9-19,20-10-14-22(15-11-20)30(2)3)17-16-23(24)26(29-31)28-21-12-13-21/h4-11,14-17,21H,1,12-13,18H2,2-3H3,(H,28,29). The number of anilines is 2. The number of allylic oxidation sites excluding steroid dienone is 2. The quantitative estimate of drug-likeness (QED) is 0.572. The number of aromatic nitrogens is 2. The van der Waals surface area contributed by atoms with Crippen molar-refractivity contribution in [3.05, 3.63) is 95.7 Å². The normalized spacial score (nSPS) is 19.3. The summed E-state index contributed by atoms with van der Waals surface area (Å²) in [5, 5.41) is 8.15. The Morgan fingerprint density at radius 2 is 1.81 bits per heavy atom. The van der Waals surface area contributed by atoms with Gasteiger partial charge in [-0.05, 0) is 42.2 Å². The first-order valence-electron chi connectivity index (χ1n) is 11.1. The zero-order valence-corrected chi connectivity index (χ0v) is 18.6. The Balaban J connectivity index is 1.66. The van der Waals surface area contributed by atoms with Crippen molar-refractivity contribution in [3.63, 3.8) is 0 Å². The maximum absolute atomic E-state index is 12.7. The lowest BCUT2D eigenvalue weighted by atomic mass is 9.68. The number of fused-ring (bicyclic) bond motifs is 1. The largest absolute Gasteiger partial charge is 0.378 e. The van der Waals surface area contributed by atoms with Crippen molar-refractivity contribution in [2.24, 2.45) is 0 Å². The molecule has 0 radical (unpaired) electrons. The van der Waals surface area contributed by atoms with E-state index in [4.69, 9.17) is 0 Å². The summed E-state index contributed by atoms with van der Waals surface area (Å²) >= 11 is 0. The van der Waals surface area contributed by atoms with Crippen LogP contribution in [0.5, 0.6) is 0 Å². The topological polar surface area (TPSA) is 50.2 Å². The Bertz CT molecular complexity index is 1190. The molecule has 2 aromatic carbocycles. The molecule has 0 saturated heterocycles. The van der Waals surface area contributed by atoms with Crippen LogP contribution in [-0.2, 0) is 11.8 Å². The minimum atomic E-state index is -0.394. The van der Waals surface area contributed by atoms with Crippen LogP contribution in [0.15, 0.2) is 73.3 Å². The number of nitrogens with zero attached hydrogens (tertiary/aromatic N) is 3. The molecule has 0 aliphatic heterocycles. The van der Waals surface area contributed by atoms with Gasteiger partial charge in [-0.1, -0.05) is 61.2 Å². The third-order valence-corrected chi connectivity index (χ3v) is 6.49. The molecule has 32 heavy (non-hydrogen) atoms. The van der Waals surface area contributed by atoms with Crippen molar-refractivity contribution in [3.8, 4) is 0 Å². The molecule has 5 heteroatoms. The van der Waals surface area contributed by atoms with Crippen LogP contribution in [0, 0.1) is 0 Å². The average molecular weight is 425 g/mol. The van der Waals surface area contributed by atoms with E-state index in [9.17, 15) is 4.79 Å². The molecule has 2 aliphatic carbocycles. The lowest BCUT2D eigenvalue weighted by Crippen LogP contribution is -2.32. The molecule has 0 amide bonds. The van der Waals surface area contributed by atoms with Gasteiger partial charge >= 0.3 is 0 Å². The van der Waals surface area contributed by atoms with Crippen molar-refractivity contribution in [2.45, 2.75) is 30.7 Å². The zero-order valence-electron chi connectivity index (χ0n) is 18.6. The van der Waals surface area contributed by atoms with Gasteiger partial charge in [0.25, 0.3) is 5.91 Å². The molecule has 1 unspecified atom stereocenters. The van der Waals surface area contributed by atoms with Crippen LogP contribution in [-0.4, -0.2) is 35.8 Å². The van der Waals surface area contributed by atoms with E-state index in [2.05, 4.69) is 82.6 Å². The van der Waals surface area contributed by atoms with Crippen molar-refractivity contribution >= 4 is 23.5 Å². The van der Waals surface area contributed by atoms with Gasteiger partial charge in [0.1, 0.15) is 0 Å². The van der Waals surface area contributed by atoms with Gasteiger partial charge in [-0.15, -0.1) is 5.10 Å². The monoisotopic (exact) mass is 424 g/mol. The van der Waals surface area contributed by atoms with Crippen molar-refractivity contribution in [1.82, 2.24) is 9.78 Å². The van der Waals surface area contributed by atoms with Gasteiger partial charge in [0.15, 0.2) is 5.82 Å². The summed E-state index contributed by atoms with van der Waals surface area (Å²) < 4.78 is 1.53. The molecule has 5 nitrogen and oxygen atoms in total. The van der Waals surface area contributed by atoms with Gasteiger partial charge in [0.05, 0.1) is 5.69 Å². The van der Waals surface area contributed by atoms with Crippen molar-refractivity contribution in [2.75, 3.05) is 24.3 Å². The maximum atomic E-state index is 12.7. The molecule has 1 aromatic heterocycles. The fourth-order valence-corrected chi connectivity index (χ4v) is 4.51. The summed E-state index contributed by atoms with van der Waals surface area (Å²) in [7, 11) is 4.09. The average Bonchev–Trinajstić information content (AvgIpc) is 3.58. The van der Waals surface area contributed by atoms with E-state index in [0.717, 1.165) is 35.6 Å². The second kappa shape index (κ2) is 7.83. The van der Waals surface area contributed by atoms with E-state index in [1.54, 1.807) is 0 Å². The Hall–Kier alpha value is -3.60. The van der Waals surface area contributed by atoms with Gasteiger partial charge in [0.2, 0.25) is 0 Å². The highest BCUT2D eigenvalue weighted by Crippen LogP contribution is 2.44. The van der Waals surface area contributed by atoms with Crippen LogP contribution in [0.4, 0.5) is 11.5 Å². The van der Waals surface area contributed by atoms with E-state index in [0.29, 0.717) is 12.5 Å². The first kappa shape index (κ1) is 20.3. The molecule has 162 valence electrons. The molecule has 1 atom stereocenters. The third kappa shape index (κ3) is 3.44. The van der Waals surface area contributed by atoms with Crippen LogP contribution in [0.3, 0.4) is 0 Å². The van der Waals surface area contributed by atoms with Gasteiger partial charge in [-0.25, -0.2) is 0 Å². The number of carbonyl (C=O) groups is 1. The lowest BCUT2D eigenvalue weighted by molar-refractivity contribution is 0.0950. The number of benzene rings is 2. The summed E-state index contributed by atoms with van der Waals surface area (Å²) in [4.78, 5) is 14.8. The Morgan fingerprint density at radius 1 is 1.12 bits per heavy atom. The molecule has 0 spiro atoms. The molecule has 5 rings (SSSR count). The number of hydrogen-bond donors (Lipinski definition) is 1. The van der Waals surface area contributed by atoms with E-state index in [1.807, 2.05) is 20.2 Å². The third-order valence-electron chi connectivity index (χ3n) is 6.49. The minimum Gasteiger partial charge on any atom is -0.378 e. The van der Waals surface area contributed by atoms with Gasteiger partial charge in [-0.3, -0.25) is 4.79 Å². The highest BCUT2D eigenvalue weighted by atomic mass is 16.2. The molecular formula is C27H28N4O. The smallest absolute Gasteiger partial charge is 0.270 e. The number of hydrogen-bond acceptors (Lipinski definition) is 4. The van der Waals surface area contributed by atoms with E-state index in [-0.39, 0.29) is 5.91 Å². The Morgan fingerprint density at radius 3 is 2.44 bits per heavy atom. The Kier molecular flexibility index (Phi) is 4.97. The Labute approximate surface area is 189 Å². The SMILES string of the molecule is C=CC(=O)n1nc(NC2CC2)c2c1CC(c1ccccc1)(c1ccc(N(C)C)cc1)C=C2. The summed E-state index contributed by atoms with van der Waals surface area (Å²) in [6, 6.07) is 19.6. The predicted molar refractivity (Wildman–Crippen MR) is 130 cm³/mol. The van der Waals surface area contributed by atoms with Crippen molar-refractivity contribution < 1.29 is 4.79 Å². The molecule has 1 heterocycles. The van der Waals surface area contributed by atoms with Crippen LogP contribution < -0.4 is 10.2 Å². The predicted octanol–water partition coefficient (Wildman–Crippen LogP) is 4.91. The van der Waals surface area contributed by atoms with E-state index >= 15 is 0 Å². The molecule has 2 aliphatic rings. The number of carbonyl (C=O) groups excluding carboxylic acids is 1. The number of nitrogens with one attached hydrogen (secondary N) is 1. The summed E-state index contributed by atoms with van der Waals surface area (Å²) in [5.74, 6) is 0.587. The van der Waals surface area contributed by atoms with E-state index < -0.39 is 5.41 Å². The highest BCUT2D eigenvalue weighted by molar-refractivity contribution is 5.91. The second-order valence-electron chi connectivity index (χ2n) is 8.87. The molecule has 1 N–H and O–H groups in total. The molecule has 0 bridgehead atoms. The zero-order chi connectivity index (χ0) is 22.3. The van der Waals surface area contributed by atoms with Gasteiger partial charge in [-0.2, -0.15) is 4.68 Å². The first-order chi connectivity index (χ1) is 15.5. The van der Waals surface area contributed by atoms with Crippen LogP contribution in [0.2, 0.25) is 0 Å². The maximum Gasteiger partial charge on any atom is 0.270 e. The summed E-state index contributed by atoms with van der Waals surface area (Å²) in [5.41, 5.74) is 5.06. The fourth-order valence-electron chi connectivity index (χ4n) is 4.51. The van der Waals surface area contributed by atoms with E-state index in [1.165, 1.54) is 21.9 Å². The number of rotatable bonds is 6. The highest BCUT2D eigenvalue weighted by Gasteiger charge is 2.39. The molecular weight excluding hydrogens is 396 g/mol. The van der Waals surface area contributed by atoms with Crippen LogP contribution >= 0.6 is 0 Å². The summed E-state index contributed by atoms with van der Waals surface area (Å²) in [6.07, 6.45) is 8.68. The molecule has 1 saturated carbocycles. The minimum absolute atomic E-state index is 0.203.